The predicted molar refractivity (Wildman–Crippen MR) is 89.9 cm³/mol. The number of nitrogens with zero attached hydrogens (tertiary/aromatic N) is 3. The Morgan fingerprint density at radius 2 is 1.70 bits per heavy atom. The van der Waals surface area contributed by atoms with Gasteiger partial charge in [0.05, 0.1) is 6.57 Å². The monoisotopic (exact) mass is 302 g/mol. The van der Waals surface area contributed by atoms with Crippen LogP contribution in [0.1, 0.15) is 5.56 Å². The van der Waals surface area contributed by atoms with E-state index in [1.807, 2.05) is 31.2 Å². The molecule has 0 unspecified atom stereocenters. The highest BCUT2D eigenvalue weighted by Gasteiger charge is 2.12. The summed E-state index contributed by atoms with van der Waals surface area (Å²) in [5.74, 6) is 0.316. The average molecular weight is 302 g/mol. The van der Waals surface area contributed by atoms with Crippen LogP contribution in [0, 0.1) is 13.5 Å². The van der Waals surface area contributed by atoms with E-state index in [1.54, 1.807) is 24.3 Å². The van der Waals surface area contributed by atoms with Crippen molar-refractivity contribution in [2.24, 2.45) is 0 Å². The summed E-state index contributed by atoms with van der Waals surface area (Å²) in [6, 6.07) is 14.7. The molecule has 3 aromatic rings. The van der Waals surface area contributed by atoms with Crippen LogP contribution >= 0.6 is 0 Å². The zero-order chi connectivity index (χ0) is 16.2. The van der Waals surface area contributed by atoms with Gasteiger partial charge >= 0.3 is 0 Å². The van der Waals surface area contributed by atoms with Crippen LogP contribution in [0.25, 0.3) is 16.1 Å². The van der Waals surface area contributed by atoms with Gasteiger partial charge in [-0.1, -0.05) is 42.0 Å². The molecule has 0 atom stereocenters. The van der Waals surface area contributed by atoms with Gasteiger partial charge < -0.3 is 10.4 Å². The van der Waals surface area contributed by atoms with E-state index in [4.69, 9.17) is 6.57 Å². The fourth-order valence-corrected chi connectivity index (χ4v) is 2.15. The Hall–Kier alpha value is -3.39. The van der Waals surface area contributed by atoms with E-state index in [0.717, 1.165) is 16.8 Å². The number of rotatable bonds is 3. The van der Waals surface area contributed by atoms with E-state index in [2.05, 4.69) is 20.1 Å². The normalized spacial score (nSPS) is 10.1. The topological polar surface area (TPSA) is 62.4 Å². The van der Waals surface area contributed by atoms with E-state index in [9.17, 15) is 5.11 Å². The van der Waals surface area contributed by atoms with Crippen LogP contribution in [-0.4, -0.2) is 15.1 Å². The van der Waals surface area contributed by atoms with E-state index in [1.165, 1.54) is 6.33 Å². The summed E-state index contributed by atoms with van der Waals surface area (Å²) in [6.45, 7) is 8.96. The van der Waals surface area contributed by atoms with Gasteiger partial charge in [-0.2, -0.15) is 0 Å². The minimum atomic E-state index is -0.00870. The molecule has 5 nitrogen and oxygen atoms in total. The fourth-order valence-electron chi connectivity index (χ4n) is 2.15. The Balaban J connectivity index is 1.93. The third-order valence-corrected chi connectivity index (χ3v) is 3.41. The third kappa shape index (κ3) is 3.11. The fraction of sp³-hybridized carbons (Fsp3) is 0.0556. The van der Waals surface area contributed by atoms with Crippen molar-refractivity contribution in [3.05, 3.63) is 71.8 Å². The lowest BCUT2D eigenvalue weighted by Gasteiger charge is -2.10. The van der Waals surface area contributed by atoms with Gasteiger partial charge in [0, 0.05) is 11.3 Å². The van der Waals surface area contributed by atoms with Gasteiger partial charge in [0.1, 0.15) is 12.0 Å². The molecule has 0 aliphatic carbocycles. The average Bonchev–Trinajstić information content (AvgIpc) is 2.58. The molecule has 0 saturated carbocycles. The zero-order valence-electron chi connectivity index (χ0n) is 12.5. The van der Waals surface area contributed by atoms with Crippen molar-refractivity contribution in [1.82, 2.24) is 9.97 Å². The predicted octanol–water partition coefficient (Wildman–Crippen LogP) is 4.45. The van der Waals surface area contributed by atoms with Gasteiger partial charge in [-0.3, -0.25) is 0 Å². The highest BCUT2D eigenvalue weighted by molar-refractivity contribution is 5.75. The quantitative estimate of drug-likeness (QED) is 0.702. The first-order chi connectivity index (χ1) is 11.2. The molecule has 1 heterocycles. The van der Waals surface area contributed by atoms with Gasteiger partial charge in [-0.05, 0) is 19.1 Å². The highest BCUT2D eigenvalue weighted by Crippen LogP contribution is 2.33. The SMILES string of the molecule is [C-]#[N+]c1ccc(Nc2ncnc(-c3ccc(C)cc3)c2O)cc1. The molecule has 5 heteroatoms. The first-order valence-corrected chi connectivity index (χ1v) is 7.03. The number of benzene rings is 2. The van der Waals surface area contributed by atoms with Crippen LogP contribution in [-0.2, 0) is 0 Å². The molecule has 0 fully saturated rings. The molecular weight excluding hydrogens is 288 g/mol. The number of aromatic nitrogens is 2. The Morgan fingerprint density at radius 1 is 1.00 bits per heavy atom. The van der Waals surface area contributed by atoms with Crippen molar-refractivity contribution in [3.8, 4) is 17.0 Å². The summed E-state index contributed by atoms with van der Waals surface area (Å²) in [4.78, 5) is 11.6. The van der Waals surface area contributed by atoms with E-state index < -0.39 is 0 Å². The molecule has 0 spiro atoms. The van der Waals surface area contributed by atoms with Crippen LogP contribution < -0.4 is 5.32 Å². The molecule has 0 radical (unpaired) electrons. The van der Waals surface area contributed by atoms with Gasteiger partial charge in [0.15, 0.2) is 17.3 Å². The molecular formula is C18H14N4O. The van der Waals surface area contributed by atoms with Crippen molar-refractivity contribution in [3.63, 3.8) is 0 Å². The molecule has 0 aliphatic rings. The van der Waals surface area contributed by atoms with Crippen molar-refractivity contribution >= 4 is 17.2 Å². The maximum atomic E-state index is 10.4. The summed E-state index contributed by atoms with van der Waals surface area (Å²) < 4.78 is 0. The van der Waals surface area contributed by atoms with Crippen molar-refractivity contribution in [2.45, 2.75) is 6.92 Å². The summed E-state index contributed by atoms with van der Waals surface area (Å²) >= 11 is 0. The molecule has 0 bridgehead atoms. The third-order valence-electron chi connectivity index (χ3n) is 3.41. The first kappa shape index (κ1) is 14.5. The van der Waals surface area contributed by atoms with Gasteiger partial charge in [-0.15, -0.1) is 0 Å². The Morgan fingerprint density at radius 3 is 2.35 bits per heavy atom. The molecule has 112 valence electrons. The number of aromatic hydroxyl groups is 1. The standard InChI is InChI=1S/C18H14N4O/c1-12-3-5-13(6-4-12)16-17(23)18(21-11-20-16)22-15-9-7-14(19-2)8-10-15/h3-11,23H,1H3,(H,20,21,22). The first-order valence-electron chi connectivity index (χ1n) is 7.03. The van der Waals surface area contributed by atoms with Crippen molar-refractivity contribution < 1.29 is 5.11 Å². The molecule has 0 amide bonds. The molecule has 2 aromatic carbocycles. The highest BCUT2D eigenvalue weighted by atomic mass is 16.3. The maximum absolute atomic E-state index is 10.4. The van der Waals surface area contributed by atoms with Gasteiger partial charge in [-0.25, -0.2) is 14.8 Å². The second-order valence-corrected chi connectivity index (χ2v) is 5.07. The van der Waals surface area contributed by atoms with E-state index in [-0.39, 0.29) is 5.75 Å². The molecule has 0 saturated heterocycles. The van der Waals surface area contributed by atoms with Crippen LogP contribution in [0.4, 0.5) is 17.2 Å². The summed E-state index contributed by atoms with van der Waals surface area (Å²) in [5.41, 5.74) is 3.73. The number of aryl methyl sites for hydroxylation is 1. The number of hydrogen-bond acceptors (Lipinski definition) is 4. The van der Waals surface area contributed by atoms with E-state index >= 15 is 0 Å². The minimum absolute atomic E-state index is 0.00870. The van der Waals surface area contributed by atoms with Crippen LogP contribution in [0.15, 0.2) is 54.9 Å². The Bertz CT molecular complexity index is 865. The lowest BCUT2D eigenvalue weighted by atomic mass is 10.1. The number of hydrogen-bond donors (Lipinski definition) is 2. The maximum Gasteiger partial charge on any atom is 0.187 e. The molecule has 3 rings (SSSR count). The Kier molecular flexibility index (Phi) is 3.89. The number of nitrogens with one attached hydrogen (secondary N) is 1. The summed E-state index contributed by atoms with van der Waals surface area (Å²) in [5, 5.41) is 13.5. The van der Waals surface area contributed by atoms with Crippen LogP contribution in [0.3, 0.4) is 0 Å². The largest absolute Gasteiger partial charge is 0.503 e. The molecule has 2 N–H and O–H groups in total. The molecule has 1 aromatic heterocycles. The smallest absolute Gasteiger partial charge is 0.187 e. The molecule has 0 aliphatic heterocycles. The summed E-state index contributed by atoms with van der Waals surface area (Å²) in [7, 11) is 0. The van der Waals surface area contributed by atoms with Gasteiger partial charge in [0.25, 0.3) is 0 Å². The van der Waals surface area contributed by atoms with Crippen molar-refractivity contribution in [2.75, 3.05) is 5.32 Å². The van der Waals surface area contributed by atoms with E-state index in [0.29, 0.717) is 17.2 Å². The lowest BCUT2D eigenvalue weighted by molar-refractivity contribution is 0.475. The second-order valence-electron chi connectivity index (χ2n) is 5.07. The zero-order valence-corrected chi connectivity index (χ0v) is 12.5. The lowest BCUT2D eigenvalue weighted by Crippen LogP contribution is -1.96. The summed E-state index contributed by atoms with van der Waals surface area (Å²) in [6.07, 6.45) is 1.41. The molecule has 23 heavy (non-hydrogen) atoms. The number of anilines is 2. The van der Waals surface area contributed by atoms with Gasteiger partial charge in [0.2, 0.25) is 0 Å². The van der Waals surface area contributed by atoms with Crippen molar-refractivity contribution in [1.29, 1.82) is 0 Å². The second kappa shape index (κ2) is 6.16. The minimum Gasteiger partial charge on any atom is -0.503 e. The van der Waals surface area contributed by atoms with Crippen LogP contribution in [0.5, 0.6) is 5.75 Å². The van der Waals surface area contributed by atoms with Crippen LogP contribution in [0.2, 0.25) is 0 Å². The Labute approximate surface area is 134 Å².